The highest BCUT2D eigenvalue weighted by Crippen LogP contribution is 2.25. The third-order valence-electron chi connectivity index (χ3n) is 5.28. The second-order valence-corrected chi connectivity index (χ2v) is 7.88. The standard InChI is InChI=1S/C23H32N6O5/c1-3-4-12-34-22-26-20(24)19-21(27-22)29(23(25-19)33-2)9-8-28(10-11-30)15-17-7-5-6-16(13-17)14-18(31)32/h5-7,13,30H,3-4,8-12,14-15H2,1-2H3,(H,31,32)(H2,24,26,27)/p-1. The molecule has 0 aliphatic rings. The Bertz CT molecular complexity index is 1100. The molecule has 3 rings (SSSR count). The minimum atomic E-state index is -1.12. The Labute approximate surface area is 198 Å². The quantitative estimate of drug-likeness (QED) is 0.316. The normalized spacial score (nSPS) is 11.3. The number of aliphatic hydroxyl groups excluding tert-OH is 1. The van der Waals surface area contributed by atoms with Gasteiger partial charge in [0.25, 0.3) is 6.01 Å². The third kappa shape index (κ3) is 6.55. The highest BCUT2D eigenvalue weighted by molar-refractivity contribution is 5.83. The van der Waals surface area contributed by atoms with Crippen molar-refractivity contribution in [1.29, 1.82) is 0 Å². The number of hydrogen-bond donors (Lipinski definition) is 2. The van der Waals surface area contributed by atoms with Gasteiger partial charge in [0.15, 0.2) is 17.0 Å². The number of carbonyl (C=O) groups is 1. The first-order chi connectivity index (χ1) is 16.4. The van der Waals surface area contributed by atoms with Gasteiger partial charge >= 0.3 is 6.01 Å². The summed E-state index contributed by atoms with van der Waals surface area (Å²) < 4.78 is 12.9. The average molecular weight is 472 g/mol. The number of aromatic nitrogens is 4. The summed E-state index contributed by atoms with van der Waals surface area (Å²) in [6, 6.07) is 7.87. The lowest BCUT2D eigenvalue weighted by molar-refractivity contribution is -0.304. The molecule has 184 valence electrons. The van der Waals surface area contributed by atoms with Gasteiger partial charge in [0, 0.05) is 38.6 Å². The van der Waals surface area contributed by atoms with Crippen molar-refractivity contribution in [2.75, 3.05) is 39.1 Å². The Morgan fingerprint density at radius 1 is 1.24 bits per heavy atom. The molecule has 0 atom stereocenters. The van der Waals surface area contributed by atoms with Crippen LogP contribution in [0.4, 0.5) is 5.82 Å². The van der Waals surface area contributed by atoms with Gasteiger partial charge in [-0.05, 0) is 17.5 Å². The number of benzene rings is 1. The molecule has 0 amide bonds. The molecule has 0 aliphatic heterocycles. The molecule has 0 fully saturated rings. The number of unbranched alkanes of at least 4 members (excludes halogenated alkanes) is 1. The van der Waals surface area contributed by atoms with Gasteiger partial charge in [-0.3, -0.25) is 9.47 Å². The number of aliphatic hydroxyl groups is 1. The van der Waals surface area contributed by atoms with Crippen molar-refractivity contribution >= 4 is 23.0 Å². The van der Waals surface area contributed by atoms with Crippen molar-refractivity contribution in [3.63, 3.8) is 0 Å². The van der Waals surface area contributed by atoms with E-state index in [4.69, 9.17) is 15.2 Å². The molecule has 0 saturated carbocycles. The Hall–Kier alpha value is -3.44. The average Bonchev–Trinajstić information content (AvgIpc) is 3.16. The Morgan fingerprint density at radius 2 is 2.03 bits per heavy atom. The highest BCUT2D eigenvalue weighted by Gasteiger charge is 2.19. The molecule has 2 aromatic heterocycles. The van der Waals surface area contributed by atoms with E-state index < -0.39 is 5.97 Å². The number of hydrogen-bond acceptors (Lipinski definition) is 10. The van der Waals surface area contributed by atoms with Crippen LogP contribution in [0.15, 0.2) is 24.3 Å². The lowest BCUT2D eigenvalue weighted by Crippen LogP contribution is -2.30. The van der Waals surface area contributed by atoms with E-state index in [2.05, 4.69) is 21.9 Å². The second-order valence-electron chi connectivity index (χ2n) is 7.88. The Balaban J connectivity index is 1.80. The number of nitrogen functional groups attached to an aromatic ring is 1. The Morgan fingerprint density at radius 3 is 2.74 bits per heavy atom. The van der Waals surface area contributed by atoms with Gasteiger partial charge in [0.2, 0.25) is 0 Å². The van der Waals surface area contributed by atoms with E-state index in [1.165, 1.54) is 7.11 Å². The fraction of sp³-hybridized carbons (Fsp3) is 0.478. The van der Waals surface area contributed by atoms with E-state index in [0.717, 1.165) is 18.4 Å². The number of nitrogens with zero attached hydrogens (tertiary/aromatic N) is 5. The number of anilines is 1. The molecule has 3 aromatic rings. The minimum Gasteiger partial charge on any atom is -0.550 e. The summed E-state index contributed by atoms with van der Waals surface area (Å²) in [6.07, 6.45) is 1.72. The van der Waals surface area contributed by atoms with E-state index >= 15 is 0 Å². The van der Waals surface area contributed by atoms with Crippen LogP contribution in [0.3, 0.4) is 0 Å². The summed E-state index contributed by atoms with van der Waals surface area (Å²) in [5.41, 5.74) is 8.65. The Kier molecular flexibility index (Phi) is 9.00. The number of fused-ring (bicyclic) bond motifs is 1. The maximum atomic E-state index is 10.9. The minimum absolute atomic E-state index is 0.0227. The molecule has 0 radical (unpaired) electrons. The van der Waals surface area contributed by atoms with Gasteiger partial charge in [-0.15, -0.1) is 0 Å². The van der Waals surface area contributed by atoms with Crippen molar-refractivity contribution in [2.45, 2.75) is 39.3 Å². The van der Waals surface area contributed by atoms with Gasteiger partial charge < -0.3 is 30.2 Å². The topological polar surface area (TPSA) is 152 Å². The second kappa shape index (κ2) is 12.1. The fourth-order valence-corrected chi connectivity index (χ4v) is 3.63. The molecule has 3 N–H and O–H groups in total. The van der Waals surface area contributed by atoms with E-state index in [9.17, 15) is 15.0 Å². The van der Waals surface area contributed by atoms with E-state index in [0.29, 0.717) is 55.5 Å². The molecule has 2 heterocycles. The van der Waals surface area contributed by atoms with Crippen molar-refractivity contribution in [2.24, 2.45) is 0 Å². The van der Waals surface area contributed by atoms with E-state index in [1.54, 1.807) is 10.6 Å². The summed E-state index contributed by atoms with van der Waals surface area (Å²) in [4.78, 5) is 26.1. The first kappa shape index (κ1) is 25.2. The monoisotopic (exact) mass is 471 g/mol. The molecule has 0 spiro atoms. The first-order valence-corrected chi connectivity index (χ1v) is 11.3. The van der Waals surface area contributed by atoms with Gasteiger partial charge in [-0.1, -0.05) is 37.6 Å². The molecule has 11 nitrogen and oxygen atoms in total. The molecule has 11 heteroatoms. The number of aliphatic carboxylic acids is 1. The van der Waals surface area contributed by atoms with Gasteiger partial charge in [0.1, 0.15) is 0 Å². The number of carboxylic acid groups (broad SMARTS) is 1. The fourth-order valence-electron chi connectivity index (χ4n) is 3.63. The van der Waals surface area contributed by atoms with Crippen molar-refractivity contribution < 1.29 is 24.5 Å². The first-order valence-electron chi connectivity index (χ1n) is 11.3. The number of carbonyl (C=O) groups excluding carboxylic acids is 1. The number of rotatable bonds is 14. The summed E-state index contributed by atoms with van der Waals surface area (Å²) in [7, 11) is 1.52. The van der Waals surface area contributed by atoms with Crippen molar-refractivity contribution in [3.8, 4) is 12.0 Å². The molecule has 0 bridgehead atoms. The number of imidazole rings is 1. The smallest absolute Gasteiger partial charge is 0.320 e. The van der Waals surface area contributed by atoms with Crippen LogP contribution in [0.25, 0.3) is 11.2 Å². The van der Waals surface area contributed by atoms with Crippen LogP contribution < -0.4 is 20.3 Å². The summed E-state index contributed by atoms with van der Waals surface area (Å²) >= 11 is 0. The van der Waals surface area contributed by atoms with Crippen molar-refractivity contribution in [3.05, 3.63) is 35.4 Å². The van der Waals surface area contributed by atoms with Gasteiger partial charge in [-0.2, -0.15) is 15.0 Å². The summed E-state index contributed by atoms with van der Waals surface area (Å²) in [5.74, 6) is -0.909. The number of ether oxygens (including phenoxy) is 2. The van der Waals surface area contributed by atoms with Crippen molar-refractivity contribution in [1.82, 2.24) is 24.4 Å². The van der Waals surface area contributed by atoms with Crippen LogP contribution in [0.5, 0.6) is 12.0 Å². The molecule has 0 aliphatic carbocycles. The summed E-state index contributed by atoms with van der Waals surface area (Å²) in [5, 5.41) is 20.5. The van der Waals surface area contributed by atoms with Crippen LogP contribution >= 0.6 is 0 Å². The van der Waals surface area contributed by atoms with Crippen LogP contribution in [0.1, 0.15) is 30.9 Å². The maximum Gasteiger partial charge on any atom is 0.320 e. The predicted molar refractivity (Wildman–Crippen MR) is 124 cm³/mol. The van der Waals surface area contributed by atoms with Crippen LogP contribution in [0.2, 0.25) is 0 Å². The molecule has 1 aromatic carbocycles. The van der Waals surface area contributed by atoms with E-state index in [-0.39, 0.29) is 24.9 Å². The highest BCUT2D eigenvalue weighted by atomic mass is 16.5. The van der Waals surface area contributed by atoms with Gasteiger partial charge in [-0.25, -0.2) is 0 Å². The molecular weight excluding hydrogens is 440 g/mol. The van der Waals surface area contributed by atoms with E-state index in [1.807, 2.05) is 23.1 Å². The number of nitrogens with two attached hydrogens (primary N) is 1. The third-order valence-corrected chi connectivity index (χ3v) is 5.28. The lowest BCUT2D eigenvalue weighted by Gasteiger charge is -2.22. The molecular formula is C23H31N6O5-. The molecule has 0 unspecified atom stereocenters. The van der Waals surface area contributed by atoms with Crippen LogP contribution in [-0.4, -0.2) is 68.9 Å². The van der Waals surface area contributed by atoms with Gasteiger partial charge in [0.05, 0.1) is 20.3 Å². The number of carboxylic acids is 1. The van der Waals surface area contributed by atoms with Crippen LogP contribution in [0, 0.1) is 0 Å². The summed E-state index contributed by atoms with van der Waals surface area (Å²) in [6.45, 7) is 4.51. The molecule has 34 heavy (non-hydrogen) atoms. The zero-order chi connectivity index (χ0) is 24.5. The lowest BCUT2D eigenvalue weighted by atomic mass is 10.1. The number of methoxy groups -OCH3 is 1. The zero-order valence-corrected chi connectivity index (χ0v) is 19.6. The predicted octanol–water partition coefficient (Wildman–Crippen LogP) is 0.383. The molecule has 0 saturated heterocycles. The SMILES string of the molecule is CCCCOc1nc(N)c2nc(OC)n(CCN(CCO)Cc3cccc(CC(=O)[O-])c3)c2n1. The zero-order valence-electron chi connectivity index (χ0n) is 19.6. The maximum absolute atomic E-state index is 10.9. The largest absolute Gasteiger partial charge is 0.550 e. The van der Waals surface area contributed by atoms with Crippen LogP contribution in [-0.2, 0) is 24.3 Å².